The summed E-state index contributed by atoms with van der Waals surface area (Å²) in [6, 6.07) is 13.8. The van der Waals surface area contributed by atoms with Crippen LogP contribution in [-0.2, 0) is 0 Å². The van der Waals surface area contributed by atoms with E-state index in [4.69, 9.17) is 14.3 Å². The predicted octanol–water partition coefficient (Wildman–Crippen LogP) is 3.62. The molecular weight excluding hydrogens is 302 g/mol. The number of hydrogen-bond donors (Lipinski definition) is 1. The van der Waals surface area contributed by atoms with Crippen LogP contribution >= 0.6 is 0 Å². The molecule has 24 heavy (non-hydrogen) atoms. The van der Waals surface area contributed by atoms with Crippen molar-refractivity contribution in [1.29, 1.82) is 0 Å². The number of methoxy groups -OCH3 is 1. The number of benzene rings is 2. The van der Waals surface area contributed by atoms with Gasteiger partial charge < -0.3 is 14.3 Å². The minimum absolute atomic E-state index is 0.0241. The van der Waals surface area contributed by atoms with Gasteiger partial charge in [-0.1, -0.05) is 6.07 Å². The summed E-state index contributed by atoms with van der Waals surface area (Å²) in [6.07, 6.45) is 0. The molecule has 0 fully saturated rings. The Morgan fingerprint density at radius 1 is 1.08 bits per heavy atom. The number of ether oxygens (including phenoxy) is 1. The van der Waals surface area contributed by atoms with E-state index < -0.39 is 0 Å². The molecule has 4 heteroatoms. The van der Waals surface area contributed by atoms with Gasteiger partial charge in [-0.25, -0.2) is 0 Å². The summed E-state index contributed by atoms with van der Waals surface area (Å²) < 4.78 is 11.3. The van der Waals surface area contributed by atoms with Crippen LogP contribution < -0.4 is 10.1 Å². The molecular formula is C20H21NO3. The molecule has 0 spiro atoms. The molecule has 0 unspecified atom stereocenters. The summed E-state index contributed by atoms with van der Waals surface area (Å²) in [5.41, 5.74) is 4.02. The van der Waals surface area contributed by atoms with Crippen molar-refractivity contribution in [3.05, 3.63) is 58.9 Å². The minimum atomic E-state index is 0.0241. The molecule has 0 radical (unpaired) electrons. The number of fused-ring (bicyclic) bond motifs is 1. The van der Waals surface area contributed by atoms with E-state index in [2.05, 4.69) is 18.0 Å². The summed E-state index contributed by atoms with van der Waals surface area (Å²) in [5.74, 6) is 1.54. The van der Waals surface area contributed by atoms with Crippen molar-refractivity contribution in [2.24, 2.45) is 4.99 Å². The Bertz CT molecular complexity index is 924. The van der Waals surface area contributed by atoms with Crippen molar-refractivity contribution >= 4 is 11.0 Å². The zero-order valence-corrected chi connectivity index (χ0v) is 14.2. The Morgan fingerprint density at radius 3 is 2.50 bits per heavy atom. The molecule has 124 valence electrons. The number of nitrogens with zero attached hydrogens (tertiary/aromatic N) is 1. The summed E-state index contributed by atoms with van der Waals surface area (Å²) in [5, 5.41) is 11.0. The third kappa shape index (κ3) is 3.19. The number of aliphatic hydroxyl groups excluding tert-OH is 1. The topological polar surface area (TPSA) is 55.0 Å². The van der Waals surface area contributed by atoms with Gasteiger partial charge in [0, 0.05) is 17.0 Å². The van der Waals surface area contributed by atoms with E-state index in [1.165, 1.54) is 0 Å². The van der Waals surface area contributed by atoms with Crippen molar-refractivity contribution in [1.82, 2.24) is 0 Å². The van der Waals surface area contributed by atoms with Crippen LogP contribution in [0.15, 0.2) is 51.9 Å². The fraction of sp³-hybridized carbons (Fsp3) is 0.250. The molecule has 0 aliphatic heterocycles. The summed E-state index contributed by atoms with van der Waals surface area (Å²) in [4.78, 5) is 4.53. The van der Waals surface area contributed by atoms with Gasteiger partial charge in [-0.3, -0.25) is 4.99 Å². The van der Waals surface area contributed by atoms with Crippen molar-refractivity contribution in [3.8, 4) is 17.1 Å². The zero-order chi connectivity index (χ0) is 17.1. The minimum Gasteiger partial charge on any atom is -0.497 e. The first-order valence-corrected chi connectivity index (χ1v) is 7.93. The number of aryl methyl sites for hydroxylation is 2. The Morgan fingerprint density at radius 2 is 1.83 bits per heavy atom. The highest BCUT2D eigenvalue weighted by Crippen LogP contribution is 2.26. The highest BCUT2D eigenvalue weighted by molar-refractivity contribution is 5.82. The van der Waals surface area contributed by atoms with E-state index in [9.17, 15) is 0 Å². The SMILES string of the molecule is COc1ccc(-c2cc(=NCCO)c3c(C)cc(C)cc3o2)cc1. The van der Waals surface area contributed by atoms with Crippen LogP contribution in [0.2, 0.25) is 0 Å². The quantitative estimate of drug-likeness (QED) is 0.798. The summed E-state index contributed by atoms with van der Waals surface area (Å²) in [6.45, 7) is 4.49. The summed E-state index contributed by atoms with van der Waals surface area (Å²) in [7, 11) is 1.65. The highest BCUT2D eigenvalue weighted by Gasteiger charge is 2.09. The van der Waals surface area contributed by atoms with Crippen LogP contribution in [0.5, 0.6) is 5.75 Å². The molecule has 0 saturated heterocycles. The molecule has 0 amide bonds. The second kappa shape index (κ2) is 6.89. The van der Waals surface area contributed by atoms with Gasteiger partial charge in [0.05, 0.1) is 25.6 Å². The maximum atomic E-state index is 9.13. The van der Waals surface area contributed by atoms with E-state index in [0.717, 1.165) is 44.5 Å². The normalized spacial score (nSPS) is 11.9. The van der Waals surface area contributed by atoms with Gasteiger partial charge >= 0.3 is 0 Å². The molecule has 1 N–H and O–H groups in total. The third-order valence-corrected chi connectivity index (χ3v) is 3.94. The van der Waals surface area contributed by atoms with E-state index in [-0.39, 0.29) is 6.61 Å². The second-order valence-electron chi connectivity index (χ2n) is 5.78. The molecule has 0 aliphatic carbocycles. The largest absolute Gasteiger partial charge is 0.497 e. The second-order valence-corrected chi connectivity index (χ2v) is 5.78. The molecule has 1 heterocycles. The lowest BCUT2D eigenvalue weighted by molar-refractivity contribution is 0.306. The first-order chi connectivity index (χ1) is 11.6. The van der Waals surface area contributed by atoms with Gasteiger partial charge in [-0.05, 0) is 55.3 Å². The maximum absolute atomic E-state index is 9.13. The van der Waals surface area contributed by atoms with E-state index in [0.29, 0.717) is 6.54 Å². The van der Waals surface area contributed by atoms with Crippen LogP contribution in [0.4, 0.5) is 0 Å². The Kier molecular flexibility index (Phi) is 4.67. The van der Waals surface area contributed by atoms with Gasteiger partial charge in [-0.15, -0.1) is 0 Å². The number of aliphatic hydroxyl groups is 1. The average Bonchev–Trinajstić information content (AvgIpc) is 2.59. The fourth-order valence-corrected chi connectivity index (χ4v) is 2.87. The van der Waals surface area contributed by atoms with E-state index >= 15 is 0 Å². The van der Waals surface area contributed by atoms with Gasteiger partial charge in [0.2, 0.25) is 0 Å². The maximum Gasteiger partial charge on any atom is 0.137 e. The Labute approximate surface area is 141 Å². The van der Waals surface area contributed by atoms with E-state index in [1.807, 2.05) is 43.3 Å². The van der Waals surface area contributed by atoms with Crippen molar-refractivity contribution in [3.63, 3.8) is 0 Å². The van der Waals surface area contributed by atoms with Gasteiger partial charge in [0.25, 0.3) is 0 Å². The van der Waals surface area contributed by atoms with Crippen LogP contribution in [0.3, 0.4) is 0 Å². The smallest absolute Gasteiger partial charge is 0.137 e. The monoisotopic (exact) mass is 323 g/mol. The van der Waals surface area contributed by atoms with Crippen molar-refractivity contribution in [2.75, 3.05) is 20.3 Å². The Balaban J connectivity index is 2.25. The standard InChI is InChI=1S/C20H21NO3/c1-13-10-14(2)20-17(21-8-9-22)12-18(24-19(20)11-13)15-4-6-16(23-3)7-5-15/h4-7,10-12,22H,8-9H2,1-3H3. The lowest BCUT2D eigenvalue weighted by Gasteiger charge is -2.09. The van der Waals surface area contributed by atoms with Gasteiger partial charge in [-0.2, -0.15) is 0 Å². The average molecular weight is 323 g/mol. The van der Waals surface area contributed by atoms with Crippen molar-refractivity contribution in [2.45, 2.75) is 13.8 Å². The first-order valence-electron chi connectivity index (χ1n) is 7.93. The predicted molar refractivity (Wildman–Crippen MR) is 95.2 cm³/mol. The molecule has 1 aromatic heterocycles. The Hall–Kier alpha value is -2.59. The molecule has 0 bridgehead atoms. The lowest BCUT2D eigenvalue weighted by atomic mass is 10.0. The van der Waals surface area contributed by atoms with E-state index in [1.54, 1.807) is 7.11 Å². The van der Waals surface area contributed by atoms with Crippen LogP contribution in [0.1, 0.15) is 11.1 Å². The molecule has 3 rings (SSSR count). The molecule has 0 saturated carbocycles. The van der Waals surface area contributed by atoms with Crippen molar-refractivity contribution < 1.29 is 14.3 Å². The molecule has 2 aromatic carbocycles. The lowest BCUT2D eigenvalue weighted by Crippen LogP contribution is -2.08. The van der Waals surface area contributed by atoms with Gasteiger partial charge in [0.15, 0.2) is 0 Å². The molecule has 0 aliphatic rings. The highest BCUT2D eigenvalue weighted by atomic mass is 16.5. The van der Waals surface area contributed by atoms with Crippen LogP contribution in [0, 0.1) is 13.8 Å². The molecule has 0 atom stereocenters. The molecule has 4 nitrogen and oxygen atoms in total. The van der Waals surface area contributed by atoms with Gasteiger partial charge in [0.1, 0.15) is 17.1 Å². The van der Waals surface area contributed by atoms with Crippen LogP contribution in [0.25, 0.3) is 22.3 Å². The fourth-order valence-electron chi connectivity index (χ4n) is 2.87. The zero-order valence-electron chi connectivity index (χ0n) is 14.2. The van der Waals surface area contributed by atoms with Crippen LogP contribution in [-0.4, -0.2) is 25.4 Å². The number of rotatable bonds is 4. The molecule has 3 aromatic rings. The first kappa shape index (κ1) is 16.3. The third-order valence-electron chi connectivity index (χ3n) is 3.94. The summed E-state index contributed by atoms with van der Waals surface area (Å²) >= 11 is 0. The number of hydrogen-bond acceptors (Lipinski definition) is 4.